The molecule has 0 saturated carbocycles. The predicted molar refractivity (Wildman–Crippen MR) is 346 cm³/mol. The number of phenolic OH excluding ortho intramolecular Hbond substituents is 4. The maximum absolute atomic E-state index is 11.4. The molecule has 7 aromatic rings. The van der Waals surface area contributed by atoms with Gasteiger partial charge < -0.3 is 20.4 Å². The van der Waals surface area contributed by atoms with Crippen molar-refractivity contribution in [3.63, 3.8) is 0 Å². The van der Waals surface area contributed by atoms with Crippen LogP contribution in [0.15, 0.2) is 109 Å². The normalized spacial score (nSPS) is 14.4. The Morgan fingerprint density at radius 2 is 0.630 bits per heavy atom. The van der Waals surface area contributed by atoms with Crippen molar-refractivity contribution in [3.8, 4) is 45.3 Å². The first kappa shape index (κ1) is 64.8. The van der Waals surface area contributed by atoms with E-state index in [1.807, 2.05) is 0 Å². The molecule has 0 heterocycles. The molecule has 5 heteroatoms. The summed E-state index contributed by atoms with van der Waals surface area (Å²) in [5.74, 6) is 1.04. The van der Waals surface area contributed by atoms with Gasteiger partial charge in [-0.2, -0.15) is 0 Å². The number of allylic oxidation sites excluding steroid dienone is 1. The molecule has 0 bridgehead atoms. The number of hydrogen-bond acceptors (Lipinski definition) is 4. The van der Waals surface area contributed by atoms with Crippen LogP contribution in [-0.2, 0) is 68.0 Å². The molecule has 0 aliphatic heterocycles. The molecule has 81 heavy (non-hydrogen) atoms. The van der Waals surface area contributed by atoms with Crippen molar-refractivity contribution in [2.24, 2.45) is 0 Å². The topological polar surface area (TPSA) is 80.9 Å². The summed E-state index contributed by atoms with van der Waals surface area (Å²) in [6, 6.07) is 38.8. The third kappa shape index (κ3) is 14.5. The molecule has 4 N–H and O–H groups in total. The van der Waals surface area contributed by atoms with Gasteiger partial charge in [0.05, 0.1) is 0 Å². The average molecular weight is 1170 g/mol. The fourth-order valence-corrected chi connectivity index (χ4v) is 11.9. The van der Waals surface area contributed by atoms with Gasteiger partial charge in [-0.3, -0.25) is 0 Å². The van der Waals surface area contributed by atoms with E-state index >= 15 is 0 Å². The van der Waals surface area contributed by atoms with Crippen molar-refractivity contribution in [1.29, 1.82) is 0 Å². The SMILES string of the molecule is CC(C)(C)c1cc(-c2cc(C(C)(C)C)cc(C(C)(C)C)c2O)c(O)c(C(C)(C)C)c1.CC(C)(C)c1cc(-c2cc(C(C)(C)C)cc(C(C)(C)C)c2O)c(O)c(C(C)(C)C)c1.Cc1cc(C2=Cc3ccccc3[CH]2[Zr])c2ccccc2c1. The number of benzene rings is 7. The Labute approximate surface area is 505 Å². The van der Waals surface area contributed by atoms with Crippen LogP contribution in [0.5, 0.6) is 23.0 Å². The molecule has 0 radical (unpaired) electrons. The molecule has 431 valence electrons. The molecule has 0 spiro atoms. The number of rotatable bonds is 3. The molecular weight excluding hydrogens is 1070 g/mol. The number of hydrogen-bond donors (Lipinski definition) is 4. The first-order valence-electron chi connectivity index (χ1n) is 29.3. The van der Waals surface area contributed by atoms with Crippen molar-refractivity contribution in [1.82, 2.24) is 0 Å². The second-order valence-corrected chi connectivity index (χ2v) is 32.8. The molecule has 0 amide bonds. The van der Waals surface area contributed by atoms with Crippen LogP contribution in [0, 0.1) is 6.92 Å². The zero-order chi connectivity index (χ0) is 61.3. The van der Waals surface area contributed by atoms with E-state index in [4.69, 9.17) is 0 Å². The zero-order valence-electron chi connectivity index (χ0n) is 54.3. The van der Waals surface area contributed by atoms with Crippen LogP contribution >= 0.6 is 0 Å². The van der Waals surface area contributed by atoms with E-state index in [0.29, 0.717) is 25.9 Å². The van der Waals surface area contributed by atoms with Crippen LogP contribution in [0.1, 0.15) is 237 Å². The molecule has 0 fully saturated rings. The Kier molecular flexibility index (Phi) is 18.1. The second kappa shape index (κ2) is 22.7. The molecule has 1 atom stereocenters. The van der Waals surface area contributed by atoms with E-state index in [-0.39, 0.29) is 66.3 Å². The van der Waals surface area contributed by atoms with Crippen LogP contribution in [0.4, 0.5) is 0 Å². The van der Waals surface area contributed by atoms with Crippen molar-refractivity contribution < 1.29 is 45.1 Å². The number of aryl methyl sites for hydroxylation is 1. The number of aromatic hydroxyl groups is 4. The molecular formula is C76H99O4Zr. The van der Waals surface area contributed by atoms with Gasteiger partial charge in [0.1, 0.15) is 23.0 Å². The van der Waals surface area contributed by atoms with Crippen molar-refractivity contribution >= 4 is 22.4 Å². The molecule has 1 unspecified atom stereocenters. The monoisotopic (exact) mass is 1170 g/mol. The fourth-order valence-electron chi connectivity index (χ4n) is 10.6. The fraction of sp³-hybridized carbons (Fsp3) is 0.447. The molecule has 0 aromatic heterocycles. The first-order valence-corrected chi connectivity index (χ1v) is 30.7. The van der Waals surface area contributed by atoms with Gasteiger partial charge in [-0.05, 0) is 89.8 Å². The maximum atomic E-state index is 11.4. The molecule has 7 aromatic carbocycles. The quantitative estimate of drug-likeness (QED) is 0.142. The predicted octanol–water partition coefficient (Wildman–Crippen LogP) is 21.2. The Bertz CT molecular complexity index is 3170. The molecule has 8 rings (SSSR count). The average Bonchev–Trinajstić information content (AvgIpc) is 3.85. The summed E-state index contributed by atoms with van der Waals surface area (Å²) in [7, 11) is 0. The summed E-state index contributed by atoms with van der Waals surface area (Å²) in [5.41, 5.74) is 17.0. The van der Waals surface area contributed by atoms with Crippen molar-refractivity contribution in [2.75, 3.05) is 0 Å². The summed E-state index contributed by atoms with van der Waals surface area (Å²) < 4.78 is 0.554. The van der Waals surface area contributed by atoms with Gasteiger partial charge >= 0.3 is 141 Å². The van der Waals surface area contributed by atoms with Gasteiger partial charge in [0.15, 0.2) is 0 Å². The molecule has 1 aliphatic carbocycles. The standard InChI is InChI=1S/2C28H42O2.C20H15.Zr/c2*1-25(2,3)17-13-19(23(29)21(15-17)27(7,8)9)20-14-18(26(4,5)6)16-22(24(20)30)28(10,11)12;1-14-10-17-8-4-5-9-19(17)20(11-14)18-12-15-6-2-3-7-16(15)13-18;/h2*13-16,29-30H,1-12H3;2-13H,1H3;. The van der Waals surface area contributed by atoms with E-state index in [1.165, 1.54) is 38.6 Å². The van der Waals surface area contributed by atoms with Crippen LogP contribution < -0.4 is 0 Å². The Balaban J connectivity index is 0.000000198. The zero-order valence-corrected chi connectivity index (χ0v) is 56.8. The summed E-state index contributed by atoms with van der Waals surface area (Å²) >= 11 is 1.56. The molecule has 4 nitrogen and oxygen atoms in total. The Morgan fingerprint density at radius 1 is 0.333 bits per heavy atom. The van der Waals surface area contributed by atoms with Gasteiger partial charge in [0, 0.05) is 44.5 Å². The third-order valence-electron chi connectivity index (χ3n) is 16.0. The summed E-state index contributed by atoms with van der Waals surface area (Å²) in [6.45, 7) is 53.8. The van der Waals surface area contributed by atoms with Gasteiger partial charge in [-0.15, -0.1) is 0 Å². The Hall–Kier alpha value is -5.38. The second-order valence-electron chi connectivity index (χ2n) is 31.4. The summed E-state index contributed by atoms with van der Waals surface area (Å²) in [4.78, 5) is 0. The van der Waals surface area contributed by atoms with Gasteiger partial charge in [-0.25, -0.2) is 0 Å². The van der Waals surface area contributed by atoms with E-state index in [0.717, 1.165) is 44.5 Å². The van der Waals surface area contributed by atoms with Gasteiger partial charge in [0.25, 0.3) is 0 Å². The number of fused-ring (bicyclic) bond motifs is 2. The van der Waals surface area contributed by atoms with E-state index in [2.05, 4.69) is 288 Å². The summed E-state index contributed by atoms with van der Waals surface area (Å²) in [6.07, 6.45) is 2.38. The minimum atomic E-state index is -0.218. The van der Waals surface area contributed by atoms with Gasteiger partial charge in [0.2, 0.25) is 0 Å². The van der Waals surface area contributed by atoms with Crippen LogP contribution in [-0.4, -0.2) is 20.4 Å². The van der Waals surface area contributed by atoms with Crippen molar-refractivity contribution in [3.05, 3.63) is 176 Å². The van der Waals surface area contributed by atoms with E-state index in [1.54, 1.807) is 24.7 Å². The van der Waals surface area contributed by atoms with Gasteiger partial charge in [-0.1, -0.05) is 190 Å². The van der Waals surface area contributed by atoms with E-state index < -0.39 is 0 Å². The van der Waals surface area contributed by atoms with Crippen LogP contribution in [0.2, 0.25) is 0 Å². The van der Waals surface area contributed by atoms with E-state index in [9.17, 15) is 20.4 Å². The summed E-state index contributed by atoms with van der Waals surface area (Å²) in [5, 5.41) is 48.2. The minimum absolute atomic E-state index is 0.0768. The van der Waals surface area contributed by atoms with Crippen LogP contribution in [0.3, 0.4) is 0 Å². The molecule has 1 aliphatic rings. The Morgan fingerprint density at radius 3 is 0.926 bits per heavy atom. The van der Waals surface area contributed by atoms with Crippen LogP contribution in [0.25, 0.3) is 44.7 Å². The molecule has 0 saturated heterocycles. The third-order valence-corrected chi connectivity index (χ3v) is 17.5. The first-order chi connectivity index (χ1) is 36.7. The number of phenols is 4. The van der Waals surface area contributed by atoms with Crippen molar-refractivity contribution in [2.45, 2.75) is 220 Å².